The highest BCUT2D eigenvalue weighted by Crippen LogP contribution is 2.26. The van der Waals surface area contributed by atoms with Gasteiger partial charge in [-0.05, 0) is 25.1 Å². The second-order valence-electron chi connectivity index (χ2n) is 5.09. The molecule has 21 heavy (non-hydrogen) atoms. The van der Waals surface area contributed by atoms with Gasteiger partial charge in [-0.1, -0.05) is 0 Å². The van der Waals surface area contributed by atoms with Crippen molar-refractivity contribution < 1.29 is 4.79 Å². The maximum Gasteiger partial charge on any atom is 0.254 e. The zero-order valence-corrected chi connectivity index (χ0v) is 12.2. The van der Waals surface area contributed by atoms with Crippen LogP contribution < -0.4 is 0 Å². The van der Waals surface area contributed by atoms with Crippen molar-refractivity contribution in [2.45, 2.75) is 19.5 Å². The predicted octanol–water partition coefficient (Wildman–Crippen LogP) is 2.10. The summed E-state index contributed by atoms with van der Waals surface area (Å²) < 4.78 is 3.09. The van der Waals surface area contributed by atoms with Gasteiger partial charge in [-0.25, -0.2) is 4.98 Å². The molecule has 0 aliphatic carbocycles. The van der Waals surface area contributed by atoms with Gasteiger partial charge in [0, 0.05) is 18.7 Å². The third-order valence-electron chi connectivity index (χ3n) is 3.91. The van der Waals surface area contributed by atoms with Crippen LogP contribution in [-0.2, 0) is 6.54 Å². The zero-order chi connectivity index (χ0) is 14.4. The summed E-state index contributed by atoms with van der Waals surface area (Å²) >= 11 is 1.58. The molecule has 1 unspecified atom stereocenters. The Hall–Kier alpha value is -2.28. The molecule has 0 saturated heterocycles. The molecule has 106 valence electrons. The molecule has 0 fully saturated rings. The summed E-state index contributed by atoms with van der Waals surface area (Å²) in [6, 6.07) is 5.62. The molecule has 0 radical (unpaired) electrons. The van der Waals surface area contributed by atoms with Crippen molar-refractivity contribution in [2.75, 3.05) is 6.54 Å². The lowest BCUT2D eigenvalue weighted by Gasteiger charge is -2.33. The van der Waals surface area contributed by atoms with E-state index in [1.54, 1.807) is 23.2 Å². The van der Waals surface area contributed by atoms with Crippen molar-refractivity contribution in [3.8, 4) is 0 Å². The summed E-state index contributed by atoms with van der Waals surface area (Å²) in [5, 5.41) is 8.04. The van der Waals surface area contributed by atoms with Crippen LogP contribution in [0.2, 0.25) is 0 Å². The van der Waals surface area contributed by atoms with Gasteiger partial charge < -0.3 is 9.47 Å². The van der Waals surface area contributed by atoms with E-state index in [9.17, 15) is 4.79 Å². The Balaban J connectivity index is 1.68. The molecule has 0 saturated carbocycles. The number of rotatable bonds is 1. The van der Waals surface area contributed by atoms with E-state index in [2.05, 4.69) is 15.2 Å². The molecule has 3 heterocycles. The predicted molar refractivity (Wildman–Crippen MR) is 79.1 cm³/mol. The first kappa shape index (κ1) is 12.5. The van der Waals surface area contributed by atoms with Crippen LogP contribution in [0, 0.1) is 0 Å². The Bertz CT molecular complexity index is 824. The lowest BCUT2D eigenvalue weighted by atomic mass is 10.1. The molecular weight excluding hydrogens is 286 g/mol. The molecule has 1 aliphatic heterocycles. The topological polar surface area (TPSA) is 63.9 Å². The van der Waals surface area contributed by atoms with E-state index < -0.39 is 0 Å². The van der Waals surface area contributed by atoms with Crippen LogP contribution >= 0.6 is 11.3 Å². The van der Waals surface area contributed by atoms with Crippen LogP contribution in [-0.4, -0.2) is 37.1 Å². The van der Waals surface area contributed by atoms with Gasteiger partial charge in [0.05, 0.1) is 21.8 Å². The van der Waals surface area contributed by atoms with E-state index >= 15 is 0 Å². The highest BCUT2D eigenvalue weighted by atomic mass is 32.1. The molecule has 0 bridgehead atoms. The monoisotopic (exact) mass is 299 g/mol. The molecule has 6 nitrogen and oxygen atoms in total. The van der Waals surface area contributed by atoms with Gasteiger partial charge in [-0.15, -0.1) is 21.5 Å². The highest BCUT2D eigenvalue weighted by Gasteiger charge is 2.29. The van der Waals surface area contributed by atoms with Crippen LogP contribution in [0.5, 0.6) is 0 Å². The standard InChI is InChI=1S/C14H13N5OS/c1-9-13-17-16-7-18(13)4-5-19(9)14(20)10-2-3-12-11(6-10)15-8-21-12/h2-3,6-9H,4-5H2,1H3. The van der Waals surface area contributed by atoms with E-state index in [0.717, 1.165) is 22.6 Å². The van der Waals surface area contributed by atoms with Gasteiger partial charge in [0.25, 0.3) is 5.91 Å². The summed E-state index contributed by atoms with van der Waals surface area (Å²) in [5.41, 5.74) is 3.34. The van der Waals surface area contributed by atoms with Gasteiger partial charge in [-0.2, -0.15) is 0 Å². The molecule has 2 aromatic heterocycles. The third-order valence-corrected chi connectivity index (χ3v) is 4.72. The Morgan fingerprint density at radius 2 is 2.29 bits per heavy atom. The molecule has 1 aliphatic rings. The lowest BCUT2D eigenvalue weighted by molar-refractivity contribution is 0.0638. The average Bonchev–Trinajstić information content (AvgIpc) is 3.15. The first-order valence-electron chi connectivity index (χ1n) is 6.76. The highest BCUT2D eigenvalue weighted by molar-refractivity contribution is 7.16. The second kappa shape index (κ2) is 4.63. The van der Waals surface area contributed by atoms with Gasteiger partial charge in [0.15, 0.2) is 5.82 Å². The van der Waals surface area contributed by atoms with E-state index in [0.29, 0.717) is 12.1 Å². The molecular formula is C14H13N5OS. The van der Waals surface area contributed by atoms with E-state index in [-0.39, 0.29) is 11.9 Å². The van der Waals surface area contributed by atoms with Crippen LogP contribution in [0.15, 0.2) is 30.0 Å². The van der Waals surface area contributed by atoms with Crippen LogP contribution in [0.25, 0.3) is 10.2 Å². The third kappa shape index (κ3) is 1.92. The smallest absolute Gasteiger partial charge is 0.254 e. The number of hydrogen-bond donors (Lipinski definition) is 0. The molecule has 1 atom stereocenters. The molecule has 0 N–H and O–H groups in total. The number of nitrogens with zero attached hydrogens (tertiary/aromatic N) is 5. The number of aromatic nitrogens is 4. The first-order chi connectivity index (χ1) is 10.2. The largest absolute Gasteiger partial charge is 0.327 e. The minimum absolute atomic E-state index is 0.0200. The second-order valence-corrected chi connectivity index (χ2v) is 5.98. The van der Waals surface area contributed by atoms with Crippen molar-refractivity contribution >= 4 is 27.5 Å². The van der Waals surface area contributed by atoms with Gasteiger partial charge in [0.2, 0.25) is 0 Å². The molecule has 3 aromatic rings. The van der Waals surface area contributed by atoms with Gasteiger partial charge in [-0.3, -0.25) is 4.79 Å². The number of benzene rings is 1. The number of amides is 1. The van der Waals surface area contributed by atoms with Gasteiger partial charge in [0.1, 0.15) is 6.33 Å². The quantitative estimate of drug-likeness (QED) is 0.690. The Labute approximate surface area is 125 Å². The summed E-state index contributed by atoms with van der Waals surface area (Å²) in [7, 11) is 0. The van der Waals surface area contributed by atoms with Crippen LogP contribution in [0.3, 0.4) is 0 Å². The number of carbonyl (C=O) groups is 1. The fourth-order valence-electron chi connectivity index (χ4n) is 2.74. The molecule has 7 heteroatoms. The maximum atomic E-state index is 12.8. The lowest BCUT2D eigenvalue weighted by Crippen LogP contribution is -2.41. The van der Waals surface area contributed by atoms with Crippen molar-refractivity contribution in [1.82, 2.24) is 24.6 Å². The maximum absolute atomic E-state index is 12.8. The number of thiazole rings is 1. The van der Waals surface area contributed by atoms with Crippen LogP contribution in [0.4, 0.5) is 0 Å². The summed E-state index contributed by atoms with van der Waals surface area (Å²) in [6.07, 6.45) is 1.72. The fourth-order valence-corrected chi connectivity index (χ4v) is 3.40. The normalized spacial score (nSPS) is 18.0. The van der Waals surface area contributed by atoms with Crippen molar-refractivity contribution in [2.24, 2.45) is 0 Å². The first-order valence-corrected chi connectivity index (χ1v) is 7.64. The molecule has 0 spiro atoms. The van der Waals surface area contributed by atoms with E-state index in [4.69, 9.17) is 0 Å². The number of fused-ring (bicyclic) bond motifs is 2. The fraction of sp³-hybridized carbons (Fsp3) is 0.286. The average molecular weight is 299 g/mol. The summed E-state index contributed by atoms with van der Waals surface area (Å²) in [4.78, 5) is 18.9. The van der Waals surface area contributed by atoms with E-state index in [1.165, 1.54) is 0 Å². The molecule has 1 aromatic carbocycles. The van der Waals surface area contributed by atoms with E-state index in [1.807, 2.05) is 34.6 Å². The van der Waals surface area contributed by atoms with Gasteiger partial charge >= 0.3 is 0 Å². The molecule has 4 rings (SSSR count). The zero-order valence-electron chi connectivity index (χ0n) is 11.4. The minimum atomic E-state index is -0.0696. The number of hydrogen-bond acceptors (Lipinski definition) is 5. The minimum Gasteiger partial charge on any atom is -0.327 e. The Morgan fingerprint density at radius 1 is 1.38 bits per heavy atom. The summed E-state index contributed by atoms with van der Waals surface area (Å²) in [5.74, 6) is 0.857. The SMILES string of the molecule is CC1c2nncn2CCN1C(=O)c1ccc2scnc2c1. The Kier molecular flexibility index (Phi) is 2.75. The molecule has 1 amide bonds. The number of carbonyl (C=O) groups excluding carboxylic acids is 1. The van der Waals surface area contributed by atoms with Crippen molar-refractivity contribution in [3.63, 3.8) is 0 Å². The summed E-state index contributed by atoms with van der Waals surface area (Å²) in [6.45, 7) is 3.39. The Morgan fingerprint density at radius 3 is 3.19 bits per heavy atom. The van der Waals surface area contributed by atoms with Crippen LogP contribution in [0.1, 0.15) is 29.1 Å². The van der Waals surface area contributed by atoms with Crippen molar-refractivity contribution in [3.05, 3.63) is 41.4 Å². The van der Waals surface area contributed by atoms with Crippen molar-refractivity contribution in [1.29, 1.82) is 0 Å².